The van der Waals surface area contributed by atoms with Gasteiger partial charge < -0.3 is 24.9 Å². The molecular weight excluding hydrogens is 525 g/mol. The average molecular weight is 566 g/mol. The lowest BCUT2D eigenvalue weighted by molar-refractivity contribution is -0.140. The number of fused-ring (bicyclic) bond motifs is 1. The topological polar surface area (TPSA) is 108 Å². The number of para-hydroxylation sites is 2. The van der Waals surface area contributed by atoms with Gasteiger partial charge in [0.05, 0.1) is 6.04 Å². The lowest BCUT2D eigenvalue weighted by atomic mass is 9.85. The SMILES string of the molecule is CNC(C)C(=O)NC(C(=O)N1CCCC1CN(CCc1ccc(F)cc1)C(=O)c1nc2ccccc2o1)C(C)(C)C. The maximum absolute atomic E-state index is 13.9. The molecule has 1 aromatic heterocycles. The van der Waals surface area contributed by atoms with Crippen molar-refractivity contribution in [3.63, 3.8) is 0 Å². The van der Waals surface area contributed by atoms with Crippen LogP contribution in [0, 0.1) is 11.2 Å². The molecule has 1 saturated heterocycles. The van der Waals surface area contributed by atoms with Crippen LogP contribution >= 0.6 is 0 Å². The Labute approximate surface area is 240 Å². The molecule has 0 aliphatic carbocycles. The second-order valence-corrected chi connectivity index (χ2v) is 11.8. The van der Waals surface area contributed by atoms with Crippen molar-refractivity contribution in [2.75, 3.05) is 26.7 Å². The number of rotatable bonds is 10. The number of aromatic nitrogens is 1. The van der Waals surface area contributed by atoms with Crippen molar-refractivity contribution in [3.05, 3.63) is 65.8 Å². The predicted molar refractivity (Wildman–Crippen MR) is 155 cm³/mol. The first-order valence-electron chi connectivity index (χ1n) is 14.2. The summed E-state index contributed by atoms with van der Waals surface area (Å²) in [5.74, 6) is -1.11. The van der Waals surface area contributed by atoms with Gasteiger partial charge in [0.15, 0.2) is 5.58 Å². The molecule has 220 valence electrons. The van der Waals surface area contributed by atoms with Gasteiger partial charge in [0.1, 0.15) is 17.4 Å². The maximum atomic E-state index is 13.9. The van der Waals surface area contributed by atoms with E-state index in [0.717, 1.165) is 18.4 Å². The molecule has 2 aromatic carbocycles. The highest BCUT2D eigenvalue weighted by Gasteiger charge is 2.41. The van der Waals surface area contributed by atoms with E-state index in [-0.39, 0.29) is 42.0 Å². The highest BCUT2D eigenvalue weighted by atomic mass is 19.1. The fourth-order valence-electron chi connectivity index (χ4n) is 5.07. The third kappa shape index (κ3) is 7.30. The van der Waals surface area contributed by atoms with Crippen LogP contribution in [0.4, 0.5) is 4.39 Å². The summed E-state index contributed by atoms with van der Waals surface area (Å²) in [5.41, 5.74) is 1.47. The fraction of sp³-hybridized carbons (Fsp3) is 0.484. The van der Waals surface area contributed by atoms with Crippen molar-refractivity contribution in [3.8, 4) is 0 Å². The van der Waals surface area contributed by atoms with Gasteiger partial charge in [-0.25, -0.2) is 9.37 Å². The van der Waals surface area contributed by atoms with Gasteiger partial charge in [0.2, 0.25) is 11.8 Å². The summed E-state index contributed by atoms with van der Waals surface area (Å²) >= 11 is 0. The third-order valence-electron chi connectivity index (χ3n) is 7.66. The molecule has 2 N–H and O–H groups in total. The van der Waals surface area contributed by atoms with Gasteiger partial charge in [-0.05, 0) is 68.5 Å². The van der Waals surface area contributed by atoms with Crippen LogP contribution in [-0.2, 0) is 16.0 Å². The van der Waals surface area contributed by atoms with E-state index < -0.39 is 17.5 Å². The quantitative estimate of drug-likeness (QED) is 0.388. The Morgan fingerprint density at radius 2 is 1.85 bits per heavy atom. The first kappa shape index (κ1) is 30.2. The normalized spacial score (nSPS) is 16.9. The summed E-state index contributed by atoms with van der Waals surface area (Å²) < 4.78 is 19.3. The van der Waals surface area contributed by atoms with Gasteiger partial charge in [-0.1, -0.05) is 45.0 Å². The first-order chi connectivity index (χ1) is 19.5. The second-order valence-electron chi connectivity index (χ2n) is 11.8. The van der Waals surface area contributed by atoms with E-state index in [1.54, 1.807) is 48.0 Å². The highest BCUT2D eigenvalue weighted by molar-refractivity contribution is 5.93. The first-order valence-corrected chi connectivity index (χ1v) is 14.2. The number of carbonyl (C=O) groups is 3. The Morgan fingerprint density at radius 1 is 1.15 bits per heavy atom. The molecule has 9 nitrogen and oxygen atoms in total. The molecule has 41 heavy (non-hydrogen) atoms. The van der Waals surface area contributed by atoms with Gasteiger partial charge in [-0.3, -0.25) is 14.4 Å². The standard InChI is InChI=1S/C31H40FN5O4/c1-20(33-5)27(38)35-26(31(2,3)4)29(39)37-17-8-9-23(37)19-36(18-16-21-12-14-22(32)15-13-21)30(40)28-34-24-10-6-7-11-25(24)41-28/h6-7,10-15,20,23,26,33H,8-9,16-19H2,1-5H3,(H,35,38). The van der Waals surface area contributed by atoms with Crippen molar-refractivity contribution in [2.24, 2.45) is 5.41 Å². The van der Waals surface area contributed by atoms with Crippen LogP contribution in [0.25, 0.3) is 11.1 Å². The average Bonchev–Trinajstić information content (AvgIpc) is 3.60. The van der Waals surface area contributed by atoms with E-state index in [0.29, 0.717) is 30.6 Å². The minimum absolute atomic E-state index is 0.0120. The summed E-state index contributed by atoms with van der Waals surface area (Å²) in [5, 5.41) is 5.86. The summed E-state index contributed by atoms with van der Waals surface area (Å²) in [6.45, 7) is 8.68. The molecule has 4 rings (SSSR count). The number of oxazole rings is 1. The van der Waals surface area contributed by atoms with E-state index in [2.05, 4.69) is 15.6 Å². The van der Waals surface area contributed by atoms with Gasteiger partial charge in [-0.2, -0.15) is 0 Å². The molecule has 0 radical (unpaired) electrons. The van der Waals surface area contributed by atoms with Crippen molar-refractivity contribution < 1.29 is 23.2 Å². The number of benzene rings is 2. The summed E-state index contributed by atoms with van der Waals surface area (Å²) in [7, 11) is 1.70. The van der Waals surface area contributed by atoms with E-state index in [1.807, 2.05) is 32.9 Å². The molecule has 3 amide bonds. The maximum Gasteiger partial charge on any atom is 0.309 e. The van der Waals surface area contributed by atoms with Crippen molar-refractivity contribution in [1.82, 2.24) is 25.4 Å². The molecule has 10 heteroatoms. The van der Waals surface area contributed by atoms with Gasteiger partial charge in [-0.15, -0.1) is 0 Å². The Balaban J connectivity index is 1.57. The van der Waals surface area contributed by atoms with Crippen LogP contribution in [0.5, 0.6) is 0 Å². The Hall–Kier alpha value is -3.79. The Morgan fingerprint density at radius 3 is 2.51 bits per heavy atom. The van der Waals surface area contributed by atoms with Crippen molar-refractivity contribution in [2.45, 2.75) is 65.1 Å². The molecule has 3 atom stereocenters. The predicted octanol–water partition coefficient (Wildman–Crippen LogP) is 3.78. The number of hydrogen-bond donors (Lipinski definition) is 2. The van der Waals surface area contributed by atoms with Crippen LogP contribution in [0.3, 0.4) is 0 Å². The Bertz CT molecular complexity index is 1330. The molecule has 0 saturated carbocycles. The molecule has 0 bridgehead atoms. The molecule has 1 aliphatic rings. The van der Waals surface area contributed by atoms with Gasteiger partial charge >= 0.3 is 5.91 Å². The highest BCUT2D eigenvalue weighted by Crippen LogP contribution is 2.27. The number of likely N-dealkylation sites (N-methyl/N-ethyl adjacent to an activating group) is 1. The summed E-state index contributed by atoms with van der Waals surface area (Å²) in [4.78, 5) is 48.3. The minimum atomic E-state index is -0.730. The largest absolute Gasteiger partial charge is 0.432 e. The number of nitrogens with one attached hydrogen (secondary N) is 2. The van der Waals surface area contributed by atoms with Crippen molar-refractivity contribution in [1.29, 1.82) is 0 Å². The van der Waals surface area contributed by atoms with Crippen LogP contribution in [-0.4, -0.2) is 77.3 Å². The minimum Gasteiger partial charge on any atom is -0.432 e. The van der Waals surface area contributed by atoms with E-state index in [9.17, 15) is 18.8 Å². The molecule has 3 aromatic rings. The lowest BCUT2D eigenvalue weighted by Crippen LogP contribution is -2.59. The van der Waals surface area contributed by atoms with Crippen molar-refractivity contribution >= 4 is 28.8 Å². The zero-order valence-corrected chi connectivity index (χ0v) is 24.4. The van der Waals surface area contributed by atoms with Crippen LogP contribution in [0.15, 0.2) is 52.9 Å². The zero-order chi connectivity index (χ0) is 29.7. The number of nitrogens with zero attached hydrogens (tertiary/aromatic N) is 3. The van der Waals surface area contributed by atoms with E-state index in [1.165, 1.54) is 12.1 Å². The number of halogens is 1. The van der Waals surface area contributed by atoms with Crippen LogP contribution in [0.2, 0.25) is 0 Å². The molecule has 0 spiro atoms. The third-order valence-corrected chi connectivity index (χ3v) is 7.66. The fourth-order valence-corrected chi connectivity index (χ4v) is 5.07. The molecular formula is C31H40FN5O4. The Kier molecular flexibility index (Phi) is 9.42. The van der Waals surface area contributed by atoms with Gasteiger partial charge in [0, 0.05) is 25.7 Å². The number of carbonyl (C=O) groups excluding carboxylic acids is 3. The number of amides is 3. The smallest absolute Gasteiger partial charge is 0.309 e. The monoisotopic (exact) mass is 565 g/mol. The zero-order valence-electron chi connectivity index (χ0n) is 24.4. The van der Waals surface area contributed by atoms with Crippen LogP contribution in [0.1, 0.15) is 56.8 Å². The van der Waals surface area contributed by atoms with E-state index in [4.69, 9.17) is 4.42 Å². The molecule has 3 unspecified atom stereocenters. The number of hydrogen-bond acceptors (Lipinski definition) is 6. The summed E-state index contributed by atoms with van der Waals surface area (Å²) in [6, 6.07) is 12.0. The van der Waals surface area contributed by atoms with E-state index >= 15 is 0 Å². The second kappa shape index (κ2) is 12.8. The summed E-state index contributed by atoms with van der Waals surface area (Å²) in [6.07, 6.45) is 2.00. The van der Waals surface area contributed by atoms with Crippen LogP contribution < -0.4 is 10.6 Å². The molecule has 2 heterocycles. The lowest BCUT2D eigenvalue weighted by Gasteiger charge is -2.37. The molecule has 1 aliphatic heterocycles. The number of likely N-dealkylation sites (tertiary alicyclic amines) is 1. The molecule has 1 fully saturated rings. The van der Waals surface area contributed by atoms with Gasteiger partial charge in [0.25, 0.3) is 5.89 Å².